The molecule has 0 aliphatic rings. The fourth-order valence-corrected chi connectivity index (χ4v) is 1.51. The predicted molar refractivity (Wildman–Crippen MR) is 71.3 cm³/mol. The molecule has 0 aromatic heterocycles. The van der Waals surface area contributed by atoms with E-state index in [9.17, 15) is 0 Å². The van der Waals surface area contributed by atoms with Gasteiger partial charge in [0.25, 0.3) is 0 Å². The lowest BCUT2D eigenvalue weighted by molar-refractivity contribution is 0.299. The summed E-state index contributed by atoms with van der Waals surface area (Å²) in [6.45, 7) is 8.16. The van der Waals surface area contributed by atoms with E-state index in [0.29, 0.717) is 0 Å². The Bertz CT molecular complexity index is 65.1. The van der Waals surface area contributed by atoms with Crippen molar-refractivity contribution >= 4 is 46.6 Å². The van der Waals surface area contributed by atoms with E-state index >= 15 is 0 Å². The van der Waals surface area contributed by atoms with Crippen molar-refractivity contribution < 1.29 is 0 Å². The molecule has 0 aromatic carbocycles. The van der Waals surface area contributed by atoms with Gasteiger partial charge in [0.05, 0.1) is 0 Å². The average molecular weight is 383 g/mol. The Morgan fingerprint density at radius 3 is 2.00 bits per heavy atom. The number of alkyl halides is 1. The number of nitrogens with zero attached hydrogens (tertiary/aromatic N) is 1. The summed E-state index contributed by atoms with van der Waals surface area (Å²) in [5, 5.41) is 0. The van der Waals surface area contributed by atoms with E-state index < -0.39 is 0 Å². The van der Waals surface area contributed by atoms with Gasteiger partial charge in [0.15, 0.2) is 0 Å². The number of halogens is 2. The minimum atomic E-state index is 0. The third kappa shape index (κ3) is 9.33. The quantitative estimate of drug-likeness (QED) is 0.387. The average Bonchev–Trinajstić information content (AvgIpc) is 1.99. The molecular formula is C8H19I2N. The van der Waals surface area contributed by atoms with Crippen molar-refractivity contribution in [2.24, 2.45) is 0 Å². The second-order valence-corrected chi connectivity index (χ2v) is 3.50. The van der Waals surface area contributed by atoms with Gasteiger partial charge in [0.1, 0.15) is 0 Å². The van der Waals surface area contributed by atoms with Crippen molar-refractivity contribution in [1.29, 1.82) is 0 Å². The fourth-order valence-electron chi connectivity index (χ4n) is 0.970. The lowest BCUT2D eigenvalue weighted by atomic mass is 10.3. The van der Waals surface area contributed by atoms with Gasteiger partial charge in [0, 0.05) is 0 Å². The zero-order chi connectivity index (χ0) is 7.82. The highest BCUT2D eigenvalue weighted by atomic mass is 127. The molecule has 0 aromatic rings. The summed E-state index contributed by atoms with van der Waals surface area (Å²) in [5.74, 6) is 0. The van der Waals surface area contributed by atoms with Crippen molar-refractivity contribution in [3.05, 3.63) is 0 Å². The van der Waals surface area contributed by atoms with Gasteiger partial charge in [0.2, 0.25) is 0 Å². The third-order valence-electron chi connectivity index (χ3n) is 1.75. The van der Waals surface area contributed by atoms with Crippen LogP contribution in [-0.4, -0.2) is 29.0 Å². The maximum Gasteiger partial charge on any atom is -0.000425 e. The third-order valence-corrected chi connectivity index (χ3v) is 2.52. The molecule has 0 aliphatic heterocycles. The van der Waals surface area contributed by atoms with Gasteiger partial charge in [-0.05, 0) is 36.9 Å². The van der Waals surface area contributed by atoms with E-state index in [1.807, 2.05) is 0 Å². The second-order valence-electron chi connectivity index (χ2n) is 2.42. The number of hydrogen-bond acceptors (Lipinski definition) is 1. The number of unbranched alkanes of at least 4 members (excludes halogenated alkanes) is 1. The Labute approximate surface area is 101 Å². The molecule has 0 unspecified atom stereocenters. The zero-order valence-corrected chi connectivity index (χ0v) is 12.0. The SMILES string of the molecule is CCN(CC)CCCCI.I. The van der Waals surface area contributed by atoms with E-state index in [-0.39, 0.29) is 24.0 Å². The second kappa shape index (κ2) is 11.4. The van der Waals surface area contributed by atoms with E-state index in [4.69, 9.17) is 0 Å². The molecule has 0 heterocycles. The molecule has 1 nitrogen and oxygen atoms in total. The van der Waals surface area contributed by atoms with Gasteiger partial charge in [-0.15, -0.1) is 24.0 Å². The summed E-state index contributed by atoms with van der Waals surface area (Å²) >= 11 is 2.44. The lowest BCUT2D eigenvalue weighted by Crippen LogP contribution is -2.23. The van der Waals surface area contributed by atoms with Gasteiger partial charge < -0.3 is 4.90 Å². The van der Waals surface area contributed by atoms with E-state index in [2.05, 4.69) is 41.3 Å². The predicted octanol–water partition coefficient (Wildman–Crippen LogP) is 3.16. The van der Waals surface area contributed by atoms with Crippen LogP contribution in [0.5, 0.6) is 0 Å². The van der Waals surface area contributed by atoms with E-state index in [1.165, 1.54) is 36.9 Å². The Hall–Kier alpha value is 1.42. The van der Waals surface area contributed by atoms with Crippen molar-refractivity contribution in [3.63, 3.8) is 0 Å². The maximum atomic E-state index is 2.48. The maximum absolute atomic E-state index is 2.48. The number of rotatable bonds is 6. The molecule has 0 spiro atoms. The van der Waals surface area contributed by atoms with Crippen LogP contribution >= 0.6 is 46.6 Å². The molecule has 0 saturated heterocycles. The van der Waals surface area contributed by atoms with Crippen LogP contribution in [0.25, 0.3) is 0 Å². The summed E-state index contributed by atoms with van der Waals surface area (Å²) in [7, 11) is 0. The molecule has 0 amide bonds. The van der Waals surface area contributed by atoms with E-state index in [1.54, 1.807) is 0 Å². The molecule has 11 heavy (non-hydrogen) atoms. The summed E-state index contributed by atoms with van der Waals surface area (Å²) < 4.78 is 1.30. The molecule has 70 valence electrons. The van der Waals surface area contributed by atoms with Gasteiger partial charge in [-0.3, -0.25) is 0 Å². The molecule has 0 fully saturated rings. The van der Waals surface area contributed by atoms with Crippen molar-refractivity contribution in [2.45, 2.75) is 26.7 Å². The Morgan fingerprint density at radius 2 is 1.64 bits per heavy atom. The van der Waals surface area contributed by atoms with Crippen LogP contribution in [0, 0.1) is 0 Å². The standard InChI is InChI=1S/C8H18IN.HI/c1-3-10(4-2)8-6-5-7-9;/h3-8H2,1-2H3;1H. The fraction of sp³-hybridized carbons (Fsp3) is 1.00. The highest BCUT2D eigenvalue weighted by Crippen LogP contribution is 1.97. The van der Waals surface area contributed by atoms with Crippen molar-refractivity contribution in [1.82, 2.24) is 4.90 Å². The van der Waals surface area contributed by atoms with Crippen LogP contribution in [0.3, 0.4) is 0 Å². The van der Waals surface area contributed by atoms with Crippen LogP contribution in [-0.2, 0) is 0 Å². The van der Waals surface area contributed by atoms with E-state index in [0.717, 1.165) is 0 Å². The molecule has 0 aliphatic carbocycles. The highest BCUT2D eigenvalue weighted by Gasteiger charge is 1.96. The lowest BCUT2D eigenvalue weighted by Gasteiger charge is -2.16. The largest absolute Gasteiger partial charge is 0.304 e. The first-order valence-corrected chi connectivity index (χ1v) is 5.66. The molecule has 0 atom stereocenters. The summed E-state index contributed by atoms with van der Waals surface area (Å²) in [6, 6.07) is 0. The first-order chi connectivity index (χ1) is 4.85. The zero-order valence-electron chi connectivity index (χ0n) is 7.48. The summed E-state index contributed by atoms with van der Waals surface area (Å²) in [4.78, 5) is 2.48. The summed E-state index contributed by atoms with van der Waals surface area (Å²) in [5.41, 5.74) is 0. The monoisotopic (exact) mass is 383 g/mol. The van der Waals surface area contributed by atoms with Crippen LogP contribution in [0.2, 0.25) is 0 Å². The molecule has 0 N–H and O–H groups in total. The van der Waals surface area contributed by atoms with Crippen molar-refractivity contribution in [2.75, 3.05) is 24.1 Å². The summed E-state index contributed by atoms with van der Waals surface area (Å²) in [6.07, 6.45) is 2.74. The van der Waals surface area contributed by atoms with Crippen LogP contribution in [0.1, 0.15) is 26.7 Å². The van der Waals surface area contributed by atoms with Gasteiger partial charge in [-0.1, -0.05) is 36.4 Å². The molecule has 0 radical (unpaired) electrons. The van der Waals surface area contributed by atoms with Gasteiger partial charge in [-0.2, -0.15) is 0 Å². The highest BCUT2D eigenvalue weighted by molar-refractivity contribution is 14.1. The van der Waals surface area contributed by atoms with Crippen LogP contribution < -0.4 is 0 Å². The smallest absolute Gasteiger partial charge is 0.000425 e. The van der Waals surface area contributed by atoms with Gasteiger partial charge in [-0.25, -0.2) is 0 Å². The first kappa shape index (κ1) is 14.9. The Kier molecular flexibility index (Phi) is 15.5. The topological polar surface area (TPSA) is 3.24 Å². The Morgan fingerprint density at radius 1 is 1.09 bits per heavy atom. The van der Waals surface area contributed by atoms with Crippen molar-refractivity contribution in [3.8, 4) is 0 Å². The minimum absolute atomic E-state index is 0. The van der Waals surface area contributed by atoms with Crippen LogP contribution in [0.4, 0.5) is 0 Å². The Balaban J connectivity index is 0. The van der Waals surface area contributed by atoms with Crippen LogP contribution in [0.15, 0.2) is 0 Å². The molecule has 3 heteroatoms. The molecule has 0 bridgehead atoms. The number of hydrogen-bond donors (Lipinski definition) is 0. The normalized spacial score (nSPS) is 9.82. The minimum Gasteiger partial charge on any atom is -0.304 e. The molecule has 0 rings (SSSR count). The first-order valence-electron chi connectivity index (χ1n) is 4.13. The molecular weight excluding hydrogens is 364 g/mol. The molecule has 0 saturated carbocycles. The van der Waals surface area contributed by atoms with Gasteiger partial charge >= 0.3 is 0 Å².